The second kappa shape index (κ2) is 6.51. The lowest BCUT2D eigenvalue weighted by molar-refractivity contribution is 1.32. The predicted molar refractivity (Wildman–Crippen MR) is 101 cm³/mol. The summed E-state index contributed by atoms with van der Waals surface area (Å²) < 4.78 is 0. The monoisotopic (exact) mass is 307 g/mol. The van der Waals surface area contributed by atoms with Gasteiger partial charge < -0.3 is 0 Å². The normalized spacial score (nSPS) is 10.5. The molecule has 1 heteroatoms. The van der Waals surface area contributed by atoms with Crippen molar-refractivity contribution in [1.29, 1.82) is 0 Å². The molecular formula is C23H17N. The van der Waals surface area contributed by atoms with E-state index in [1.54, 1.807) is 0 Å². The fourth-order valence-electron chi connectivity index (χ4n) is 2.85. The van der Waals surface area contributed by atoms with E-state index < -0.39 is 0 Å². The van der Waals surface area contributed by atoms with Crippen LogP contribution < -0.4 is 0 Å². The second-order valence-corrected chi connectivity index (χ2v) is 5.74. The molecule has 0 aliphatic heterocycles. The van der Waals surface area contributed by atoms with Crippen LogP contribution in [0.15, 0.2) is 103 Å². The summed E-state index contributed by atoms with van der Waals surface area (Å²) in [4.78, 5) is 4.63. The van der Waals surface area contributed by atoms with Crippen molar-refractivity contribution in [1.82, 2.24) is 4.98 Å². The molecule has 3 aromatic carbocycles. The number of nitrogens with zero attached hydrogens (tertiary/aromatic N) is 1. The van der Waals surface area contributed by atoms with E-state index in [0.29, 0.717) is 0 Å². The van der Waals surface area contributed by atoms with Crippen molar-refractivity contribution in [3.8, 4) is 33.5 Å². The minimum absolute atomic E-state index is 0.999. The smallest absolute Gasteiger partial charge is 0.0702 e. The molecule has 0 saturated heterocycles. The van der Waals surface area contributed by atoms with E-state index >= 15 is 0 Å². The summed E-state index contributed by atoms with van der Waals surface area (Å²) in [5.41, 5.74) is 6.91. The molecule has 0 amide bonds. The molecule has 24 heavy (non-hydrogen) atoms. The molecule has 0 unspecified atom stereocenters. The highest BCUT2D eigenvalue weighted by Crippen LogP contribution is 2.27. The summed E-state index contributed by atoms with van der Waals surface area (Å²) in [5, 5.41) is 0. The number of hydrogen-bond donors (Lipinski definition) is 0. The molecule has 0 N–H and O–H groups in total. The zero-order valence-electron chi connectivity index (χ0n) is 13.3. The molecule has 1 heterocycles. The average molecular weight is 307 g/mol. The van der Waals surface area contributed by atoms with Gasteiger partial charge in [0.25, 0.3) is 0 Å². The van der Waals surface area contributed by atoms with Gasteiger partial charge in [0.2, 0.25) is 0 Å². The maximum absolute atomic E-state index is 4.63. The Morgan fingerprint density at radius 3 is 1.62 bits per heavy atom. The van der Waals surface area contributed by atoms with Crippen LogP contribution in [0.5, 0.6) is 0 Å². The van der Waals surface area contributed by atoms with E-state index in [4.69, 9.17) is 0 Å². The molecule has 4 rings (SSSR count). The molecule has 0 aliphatic rings. The highest BCUT2D eigenvalue weighted by molar-refractivity contribution is 5.73. The van der Waals surface area contributed by atoms with Crippen molar-refractivity contribution in [2.45, 2.75) is 0 Å². The van der Waals surface area contributed by atoms with Crippen LogP contribution in [0.1, 0.15) is 0 Å². The van der Waals surface area contributed by atoms with E-state index in [2.05, 4.69) is 77.8 Å². The summed E-state index contributed by atoms with van der Waals surface area (Å²) in [6.07, 6.45) is 1.95. The third kappa shape index (κ3) is 2.97. The zero-order valence-corrected chi connectivity index (χ0v) is 13.3. The number of rotatable bonds is 3. The van der Waals surface area contributed by atoms with Gasteiger partial charge in [0, 0.05) is 17.3 Å². The maximum Gasteiger partial charge on any atom is 0.0702 e. The summed E-state index contributed by atoms with van der Waals surface area (Å²) >= 11 is 0. The van der Waals surface area contributed by atoms with Gasteiger partial charge in [-0.3, -0.25) is 4.98 Å². The van der Waals surface area contributed by atoms with Gasteiger partial charge in [0.15, 0.2) is 0 Å². The molecule has 0 aliphatic carbocycles. The van der Waals surface area contributed by atoms with Gasteiger partial charge in [-0.15, -0.1) is 0 Å². The van der Waals surface area contributed by atoms with E-state index in [1.807, 2.05) is 30.5 Å². The van der Waals surface area contributed by atoms with Crippen molar-refractivity contribution < 1.29 is 0 Å². The summed E-state index contributed by atoms with van der Waals surface area (Å²) in [7, 11) is 0. The lowest BCUT2D eigenvalue weighted by atomic mass is 9.99. The fraction of sp³-hybridized carbons (Fsp3) is 0. The van der Waals surface area contributed by atoms with Crippen LogP contribution in [0.2, 0.25) is 0 Å². The first-order valence-electron chi connectivity index (χ1n) is 8.07. The van der Waals surface area contributed by atoms with Crippen molar-refractivity contribution in [3.05, 3.63) is 103 Å². The van der Waals surface area contributed by atoms with E-state index in [1.165, 1.54) is 16.7 Å². The first-order valence-corrected chi connectivity index (χ1v) is 8.07. The molecule has 4 aromatic rings. The van der Waals surface area contributed by atoms with Crippen LogP contribution in [0.3, 0.4) is 0 Å². The van der Waals surface area contributed by atoms with E-state index in [9.17, 15) is 0 Å². The molecule has 0 atom stereocenters. The third-order valence-electron chi connectivity index (χ3n) is 4.14. The Bertz CT molecular complexity index is 926. The number of aromatic nitrogens is 1. The maximum atomic E-state index is 4.63. The minimum Gasteiger partial charge on any atom is -0.256 e. The molecular weight excluding hydrogens is 290 g/mol. The van der Waals surface area contributed by atoms with Gasteiger partial charge in [-0.2, -0.15) is 0 Å². The van der Waals surface area contributed by atoms with Gasteiger partial charge in [-0.05, 0) is 28.8 Å². The quantitative estimate of drug-likeness (QED) is 0.447. The van der Waals surface area contributed by atoms with Crippen LogP contribution in [-0.2, 0) is 0 Å². The summed E-state index contributed by atoms with van der Waals surface area (Å²) in [6, 6.07) is 33.5. The van der Waals surface area contributed by atoms with Crippen LogP contribution in [0, 0.1) is 0 Å². The molecule has 0 fully saturated rings. The highest BCUT2D eigenvalue weighted by atomic mass is 14.7. The Labute approximate surface area is 142 Å². The first kappa shape index (κ1) is 14.4. The van der Waals surface area contributed by atoms with E-state index in [-0.39, 0.29) is 0 Å². The Morgan fingerprint density at radius 1 is 0.417 bits per heavy atom. The Hall–Kier alpha value is -3.19. The van der Waals surface area contributed by atoms with Gasteiger partial charge >= 0.3 is 0 Å². The average Bonchev–Trinajstić information content (AvgIpc) is 2.70. The van der Waals surface area contributed by atoms with Gasteiger partial charge in [-0.1, -0.05) is 84.9 Å². The van der Waals surface area contributed by atoms with Crippen LogP contribution >= 0.6 is 0 Å². The lowest BCUT2D eigenvalue weighted by Crippen LogP contribution is -1.85. The fourth-order valence-corrected chi connectivity index (χ4v) is 2.85. The van der Waals surface area contributed by atoms with Crippen LogP contribution in [0.25, 0.3) is 33.5 Å². The Kier molecular flexibility index (Phi) is 3.91. The van der Waals surface area contributed by atoms with E-state index in [0.717, 1.165) is 16.8 Å². The lowest BCUT2D eigenvalue weighted by Gasteiger charge is -2.07. The Balaban J connectivity index is 1.67. The van der Waals surface area contributed by atoms with Crippen LogP contribution in [-0.4, -0.2) is 4.98 Å². The number of hydrogen-bond acceptors (Lipinski definition) is 1. The van der Waals surface area contributed by atoms with Crippen molar-refractivity contribution in [3.63, 3.8) is 0 Å². The number of benzene rings is 3. The molecule has 1 aromatic heterocycles. The van der Waals surface area contributed by atoms with Crippen molar-refractivity contribution in [2.24, 2.45) is 0 Å². The summed E-state index contributed by atoms with van der Waals surface area (Å²) in [5.74, 6) is 0. The van der Waals surface area contributed by atoms with Crippen molar-refractivity contribution in [2.75, 3.05) is 0 Å². The highest BCUT2D eigenvalue weighted by Gasteiger charge is 2.03. The predicted octanol–water partition coefficient (Wildman–Crippen LogP) is 6.08. The second-order valence-electron chi connectivity index (χ2n) is 5.74. The molecule has 0 spiro atoms. The molecule has 1 nitrogen and oxygen atoms in total. The standard InChI is InChI=1S/C23H17N/c1-3-8-18(9-4-1)20-12-7-13-21(16-20)22-14-15-23(24-17-22)19-10-5-2-6-11-19/h1-17H. The van der Waals surface area contributed by atoms with Gasteiger partial charge in [0.1, 0.15) is 0 Å². The minimum atomic E-state index is 0.999. The largest absolute Gasteiger partial charge is 0.256 e. The molecule has 0 radical (unpaired) electrons. The number of pyridine rings is 1. The topological polar surface area (TPSA) is 12.9 Å². The van der Waals surface area contributed by atoms with Gasteiger partial charge in [-0.25, -0.2) is 0 Å². The zero-order chi connectivity index (χ0) is 16.2. The van der Waals surface area contributed by atoms with Crippen LogP contribution in [0.4, 0.5) is 0 Å². The molecule has 0 saturated carbocycles. The Morgan fingerprint density at radius 2 is 1.00 bits per heavy atom. The van der Waals surface area contributed by atoms with Crippen molar-refractivity contribution >= 4 is 0 Å². The molecule has 0 bridgehead atoms. The first-order chi connectivity index (χ1) is 11.9. The summed E-state index contributed by atoms with van der Waals surface area (Å²) in [6.45, 7) is 0. The third-order valence-corrected chi connectivity index (χ3v) is 4.14. The SMILES string of the molecule is c1ccc(-c2cccc(-c3ccc(-c4ccccc4)nc3)c2)cc1. The molecule has 114 valence electrons. The van der Waals surface area contributed by atoms with Gasteiger partial charge in [0.05, 0.1) is 5.69 Å².